The van der Waals surface area contributed by atoms with Crippen molar-refractivity contribution in [2.45, 2.75) is 38.1 Å². The van der Waals surface area contributed by atoms with Crippen molar-refractivity contribution in [1.82, 2.24) is 15.1 Å². The third-order valence-electron chi connectivity index (χ3n) is 4.97. The second-order valence-corrected chi connectivity index (χ2v) is 7.01. The fraction of sp³-hybridized carbons (Fsp3) is 0.300. The van der Waals surface area contributed by atoms with Crippen LogP contribution in [0.2, 0.25) is 0 Å². The van der Waals surface area contributed by atoms with E-state index in [1.165, 1.54) is 6.26 Å². The van der Waals surface area contributed by atoms with Crippen LogP contribution in [0.3, 0.4) is 0 Å². The van der Waals surface area contributed by atoms with E-state index in [0.29, 0.717) is 5.76 Å². The number of aryl methyl sites for hydroxylation is 1. The number of amides is 1. The van der Waals surface area contributed by atoms with E-state index in [0.717, 1.165) is 22.0 Å². The van der Waals surface area contributed by atoms with E-state index in [-0.39, 0.29) is 24.3 Å². The van der Waals surface area contributed by atoms with Gasteiger partial charge >= 0.3 is 6.18 Å². The number of nitrogens with one attached hydrogen (secondary N) is 2. The Morgan fingerprint density at radius 3 is 2.72 bits per heavy atom. The van der Waals surface area contributed by atoms with E-state index in [1.807, 2.05) is 19.1 Å². The van der Waals surface area contributed by atoms with Crippen LogP contribution in [0, 0.1) is 6.92 Å². The second kappa shape index (κ2) is 7.31. The van der Waals surface area contributed by atoms with Crippen molar-refractivity contribution >= 4 is 11.7 Å². The van der Waals surface area contributed by atoms with Crippen molar-refractivity contribution in [3.8, 4) is 0 Å². The number of hydrogen-bond acceptors (Lipinski definition) is 4. The molecule has 3 heterocycles. The maximum Gasteiger partial charge on any atom is 0.410 e. The minimum absolute atomic E-state index is 0.0566. The van der Waals surface area contributed by atoms with Crippen LogP contribution < -0.4 is 10.6 Å². The number of carbonyl (C=O) groups is 1. The highest BCUT2D eigenvalue weighted by Crippen LogP contribution is 2.44. The normalized spacial score (nSPS) is 18.8. The summed E-state index contributed by atoms with van der Waals surface area (Å²) in [6.07, 6.45) is -2.07. The lowest BCUT2D eigenvalue weighted by Gasteiger charge is -2.34. The van der Waals surface area contributed by atoms with Crippen LogP contribution in [0.5, 0.6) is 0 Å². The van der Waals surface area contributed by atoms with Crippen LogP contribution in [0.25, 0.3) is 0 Å². The molecule has 1 aliphatic rings. The third-order valence-corrected chi connectivity index (χ3v) is 4.97. The Labute approximate surface area is 164 Å². The number of furan rings is 1. The van der Waals surface area contributed by atoms with Crippen LogP contribution in [0.4, 0.5) is 19.0 Å². The summed E-state index contributed by atoms with van der Waals surface area (Å²) in [4.78, 5) is 12.6. The van der Waals surface area contributed by atoms with E-state index in [9.17, 15) is 18.0 Å². The number of nitrogens with zero attached hydrogens (tertiary/aromatic N) is 2. The molecular formula is C20H19F3N4O2. The summed E-state index contributed by atoms with van der Waals surface area (Å²) in [6.45, 7) is 2.04. The first kappa shape index (κ1) is 19.1. The molecular weight excluding hydrogens is 385 g/mol. The Hall–Kier alpha value is -3.23. The Balaban J connectivity index is 1.64. The van der Waals surface area contributed by atoms with Gasteiger partial charge in [0.15, 0.2) is 6.04 Å². The predicted octanol–water partition coefficient (Wildman–Crippen LogP) is 4.37. The predicted molar refractivity (Wildman–Crippen MR) is 99.4 cm³/mol. The minimum atomic E-state index is -4.49. The van der Waals surface area contributed by atoms with E-state index < -0.39 is 24.2 Å². The number of alkyl halides is 3. The first-order valence-electron chi connectivity index (χ1n) is 9.11. The zero-order chi connectivity index (χ0) is 20.6. The average molecular weight is 404 g/mol. The standard InChI is InChI=1S/C20H19F3N4O2/c1-12-4-6-13(7-5-12)16-9-17(20(21,22)23)27-18(26-16)15(11-25-27)19(28)24-10-14-3-2-8-29-14/h2-8,11,16-17,26H,9-10H2,1H3,(H,24,28). The summed E-state index contributed by atoms with van der Waals surface area (Å²) in [5, 5.41) is 9.58. The van der Waals surface area contributed by atoms with Crippen molar-refractivity contribution in [3.05, 3.63) is 71.3 Å². The number of halogens is 3. The van der Waals surface area contributed by atoms with Gasteiger partial charge in [-0.05, 0) is 24.6 Å². The Morgan fingerprint density at radius 2 is 2.07 bits per heavy atom. The van der Waals surface area contributed by atoms with Gasteiger partial charge in [0.05, 0.1) is 25.0 Å². The highest BCUT2D eigenvalue weighted by atomic mass is 19.4. The molecule has 2 N–H and O–H groups in total. The van der Waals surface area contributed by atoms with Crippen molar-refractivity contribution in [2.75, 3.05) is 5.32 Å². The molecule has 1 aliphatic heterocycles. The van der Waals surface area contributed by atoms with Gasteiger partial charge in [-0.3, -0.25) is 4.79 Å². The molecule has 29 heavy (non-hydrogen) atoms. The summed E-state index contributed by atoms with van der Waals surface area (Å²) in [6, 6.07) is 8.25. The maximum atomic E-state index is 13.7. The van der Waals surface area contributed by atoms with E-state index >= 15 is 0 Å². The molecule has 1 amide bonds. The fourth-order valence-corrected chi connectivity index (χ4v) is 3.42. The Morgan fingerprint density at radius 1 is 1.31 bits per heavy atom. The van der Waals surface area contributed by atoms with Crippen LogP contribution in [0.15, 0.2) is 53.3 Å². The summed E-state index contributed by atoms with van der Waals surface area (Å²) in [7, 11) is 0. The molecule has 0 radical (unpaired) electrons. The number of fused-ring (bicyclic) bond motifs is 1. The van der Waals surface area contributed by atoms with Gasteiger partial charge in [-0.15, -0.1) is 0 Å². The number of benzene rings is 1. The maximum absolute atomic E-state index is 13.7. The number of rotatable bonds is 4. The van der Waals surface area contributed by atoms with Gasteiger partial charge < -0.3 is 15.1 Å². The summed E-state index contributed by atoms with van der Waals surface area (Å²) in [5.74, 6) is 0.0692. The highest BCUT2D eigenvalue weighted by molar-refractivity contribution is 5.98. The second-order valence-electron chi connectivity index (χ2n) is 7.01. The Kier molecular flexibility index (Phi) is 4.81. The number of anilines is 1. The average Bonchev–Trinajstić information content (AvgIpc) is 3.35. The quantitative estimate of drug-likeness (QED) is 0.677. The molecule has 152 valence electrons. The molecule has 1 aromatic carbocycles. The van der Waals surface area contributed by atoms with Crippen molar-refractivity contribution in [3.63, 3.8) is 0 Å². The lowest BCUT2D eigenvalue weighted by molar-refractivity contribution is -0.173. The molecule has 2 unspecified atom stereocenters. The third kappa shape index (κ3) is 3.85. The molecule has 2 aromatic heterocycles. The number of aromatic nitrogens is 2. The van der Waals surface area contributed by atoms with Gasteiger partial charge in [0.1, 0.15) is 17.1 Å². The molecule has 4 rings (SSSR count). The van der Waals surface area contributed by atoms with Gasteiger partial charge in [0.25, 0.3) is 5.91 Å². The largest absolute Gasteiger partial charge is 0.467 e. The van der Waals surface area contributed by atoms with E-state index in [1.54, 1.807) is 24.3 Å². The molecule has 0 saturated carbocycles. The van der Waals surface area contributed by atoms with Crippen LogP contribution in [-0.2, 0) is 6.54 Å². The zero-order valence-electron chi connectivity index (χ0n) is 15.5. The summed E-state index contributed by atoms with van der Waals surface area (Å²) >= 11 is 0. The number of carbonyl (C=O) groups excluding carboxylic acids is 1. The van der Waals surface area contributed by atoms with Crippen molar-refractivity contribution in [2.24, 2.45) is 0 Å². The van der Waals surface area contributed by atoms with Gasteiger partial charge in [0.2, 0.25) is 0 Å². The molecule has 9 heteroatoms. The topological polar surface area (TPSA) is 72.1 Å². The van der Waals surface area contributed by atoms with Crippen LogP contribution in [0.1, 0.15) is 45.7 Å². The van der Waals surface area contributed by atoms with E-state index in [4.69, 9.17) is 4.42 Å². The van der Waals surface area contributed by atoms with Crippen LogP contribution in [-0.4, -0.2) is 21.9 Å². The molecule has 0 fully saturated rings. The smallest absolute Gasteiger partial charge is 0.410 e. The van der Waals surface area contributed by atoms with Gasteiger partial charge in [0, 0.05) is 6.42 Å². The molecule has 6 nitrogen and oxygen atoms in total. The molecule has 2 atom stereocenters. The molecule has 0 saturated heterocycles. The number of hydrogen-bond donors (Lipinski definition) is 2. The first-order chi connectivity index (χ1) is 13.8. The monoisotopic (exact) mass is 404 g/mol. The first-order valence-corrected chi connectivity index (χ1v) is 9.11. The minimum Gasteiger partial charge on any atom is -0.467 e. The lowest BCUT2D eigenvalue weighted by atomic mass is 9.96. The lowest BCUT2D eigenvalue weighted by Crippen LogP contribution is -2.36. The molecule has 0 aliphatic carbocycles. The van der Waals surface area contributed by atoms with E-state index in [2.05, 4.69) is 15.7 Å². The Bertz CT molecular complexity index is 994. The molecule has 0 spiro atoms. The van der Waals surface area contributed by atoms with Gasteiger partial charge in [-0.1, -0.05) is 29.8 Å². The molecule has 0 bridgehead atoms. The van der Waals surface area contributed by atoms with Gasteiger partial charge in [-0.2, -0.15) is 18.3 Å². The van der Waals surface area contributed by atoms with Crippen LogP contribution >= 0.6 is 0 Å². The molecule has 3 aromatic rings. The SMILES string of the molecule is Cc1ccc(C2CC(C(F)(F)F)n3ncc(C(=O)NCc4ccco4)c3N2)cc1. The van der Waals surface area contributed by atoms with Crippen molar-refractivity contribution < 1.29 is 22.4 Å². The summed E-state index contributed by atoms with van der Waals surface area (Å²) in [5.41, 5.74) is 1.79. The van der Waals surface area contributed by atoms with Gasteiger partial charge in [-0.25, -0.2) is 4.68 Å². The fourth-order valence-electron chi connectivity index (χ4n) is 3.42. The van der Waals surface area contributed by atoms with Crippen molar-refractivity contribution in [1.29, 1.82) is 0 Å². The highest BCUT2D eigenvalue weighted by Gasteiger charge is 2.47. The summed E-state index contributed by atoms with van der Waals surface area (Å²) < 4.78 is 47.2. The zero-order valence-corrected chi connectivity index (χ0v) is 15.5.